The number of rotatable bonds is 6. The van der Waals surface area contributed by atoms with E-state index in [4.69, 9.17) is 0 Å². The molecule has 1 fully saturated rings. The maximum absolute atomic E-state index is 12.8. The van der Waals surface area contributed by atoms with Crippen LogP contribution < -0.4 is 5.32 Å². The van der Waals surface area contributed by atoms with Crippen LogP contribution in [0, 0.1) is 18.8 Å². The molecule has 1 N–H and O–H groups in total. The fraction of sp³-hybridized carbons (Fsp3) is 0.611. The van der Waals surface area contributed by atoms with Crippen molar-refractivity contribution in [3.8, 4) is 0 Å². The monoisotopic (exact) mass is 359 g/mol. The van der Waals surface area contributed by atoms with Gasteiger partial charge in [0.1, 0.15) is 0 Å². The summed E-state index contributed by atoms with van der Waals surface area (Å²) in [6.07, 6.45) is -3.05. The van der Waals surface area contributed by atoms with Gasteiger partial charge in [0.05, 0.1) is 5.92 Å². The standard InChI is InChI=1S/C18H24F3NOS/c1-13-5-7-14(8-6-13)12-24-10-9-22-17(23)15-3-2-4-16(11-15)18(19,20)21/h5-8,15-16H,2-4,9-12H2,1H3,(H,22,23). The molecule has 0 aliphatic heterocycles. The molecule has 1 aromatic rings. The van der Waals surface area contributed by atoms with Crippen molar-refractivity contribution in [2.24, 2.45) is 11.8 Å². The van der Waals surface area contributed by atoms with Gasteiger partial charge in [-0.05, 0) is 31.7 Å². The molecule has 0 bridgehead atoms. The smallest absolute Gasteiger partial charge is 0.355 e. The number of hydrogen-bond acceptors (Lipinski definition) is 2. The van der Waals surface area contributed by atoms with E-state index in [1.165, 1.54) is 11.1 Å². The molecule has 134 valence electrons. The maximum atomic E-state index is 12.8. The topological polar surface area (TPSA) is 29.1 Å². The first-order valence-corrected chi connectivity index (χ1v) is 9.49. The number of aryl methyl sites for hydroxylation is 1. The largest absolute Gasteiger partial charge is 0.391 e. The molecular formula is C18H24F3NOS. The molecule has 2 rings (SSSR count). The van der Waals surface area contributed by atoms with Crippen LogP contribution in [0.3, 0.4) is 0 Å². The molecule has 0 saturated heterocycles. The molecule has 0 aromatic heterocycles. The zero-order valence-electron chi connectivity index (χ0n) is 13.9. The Labute approximate surface area is 145 Å². The molecule has 1 saturated carbocycles. The summed E-state index contributed by atoms with van der Waals surface area (Å²) in [5.74, 6) is -0.407. The molecule has 0 spiro atoms. The lowest BCUT2D eigenvalue weighted by atomic mass is 9.80. The second-order valence-electron chi connectivity index (χ2n) is 6.43. The fourth-order valence-corrected chi connectivity index (χ4v) is 3.81. The molecule has 2 atom stereocenters. The number of thioether (sulfide) groups is 1. The van der Waals surface area contributed by atoms with Crippen molar-refractivity contribution in [3.05, 3.63) is 35.4 Å². The summed E-state index contributed by atoms with van der Waals surface area (Å²) in [5, 5.41) is 2.79. The van der Waals surface area contributed by atoms with Gasteiger partial charge in [0.15, 0.2) is 0 Å². The van der Waals surface area contributed by atoms with E-state index in [0.29, 0.717) is 19.4 Å². The second-order valence-corrected chi connectivity index (χ2v) is 7.54. The Kier molecular flexibility index (Phi) is 7.02. The summed E-state index contributed by atoms with van der Waals surface area (Å²) in [6, 6.07) is 8.30. The summed E-state index contributed by atoms with van der Waals surface area (Å²) in [6.45, 7) is 2.55. The van der Waals surface area contributed by atoms with Crippen LogP contribution in [0.1, 0.15) is 36.8 Å². The summed E-state index contributed by atoms with van der Waals surface area (Å²) >= 11 is 1.71. The van der Waals surface area contributed by atoms with Crippen LogP contribution >= 0.6 is 11.8 Å². The van der Waals surface area contributed by atoms with E-state index < -0.39 is 18.0 Å². The lowest BCUT2D eigenvalue weighted by molar-refractivity contribution is -0.186. The van der Waals surface area contributed by atoms with Crippen LogP contribution in [0.5, 0.6) is 0 Å². The number of carbonyl (C=O) groups excluding carboxylic acids is 1. The lowest BCUT2D eigenvalue weighted by Gasteiger charge is -2.29. The van der Waals surface area contributed by atoms with E-state index in [9.17, 15) is 18.0 Å². The van der Waals surface area contributed by atoms with Crippen LogP contribution in [-0.2, 0) is 10.5 Å². The van der Waals surface area contributed by atoms with E-state index in [-0.39, 0.29) is 18.7 Å². The summed E-state index contributed by atoms with van der Waals surface area (Å²) < 4.78 is 38.3. The molecule has 1 aliphatic carbocycles. The third-order valence-electron chi connectivity index (χ3n) is 4.44. The number of carbonyl (C=O) groups is 1. The van der Waals surface area contributed by atoms with Gasteiger partial charge in [-0.2, -0.15) is 24.9 Å². The quantitative estimate of drug-likeness (QED) is 0.745. The van der Waals surface area contributed by atoms with Gasteiger partial charge >= 0.3 is 6.18 Å². The first-order chi connectivity index (χ1) is 11.4. The minimum Gasteiger partial charge on any atom is -0.355 e. The van der Waals surface area contributed by atoms with E-state index in [2.05, 4.69) is 29.6 Å². The van der Waals surface area contributed by atoms with E-state index >= 15 is 0 Å². The van der Waals surface area contributed by atoms with E-state index in [1.54, 1.807) is 11.8 Å². The highest BCUT2D eigenvalue weighted by molar-refractivity contribution is 7.98. The van der Waals surface area contributed by atoms with E-state index in [0.717, 1.165) is 11.5 Å². The molecule has 1 amide bonds. The van der Waals surface area contributed by atoms with Gasteiger partial charge in [-0.1, -0.05) is 36.2 Å². The van der Waals surface area contributed by atoms with Crippen molar-refractivity contribution in [2.45, 2.75) is 44.5 Å². The van der Waals surface area contributed by atoms with Crippen molar-refractivity contribution in [1.82, 2.24) is 5.32 Å². The van der Waals surface area contributed by atoms with E-state index in [1.807, 2.05) is 6.92 Å². The molecule has 0 radical (unpaired) electrons. The third-order valence-corrected chi connectivity index (χ3v) is 5.47. The molecule has 2 unspecified atom stereocenters. The lowest BCUT2D eigenvalue weighted by Crippen LogP contribution is -2.38. The molecule has 0 heterocycles. The number of halogens is 3. The van der Waals surface area contributed by atoms with Crippen LogP contribution in [-0.4, -0.2) is 24.4 Å². The Morgan fingerprint density at radius 1 is 1.25 bits per heavy atom. The minimum atomic E-state index is -4.18. The maximum Gasteiger partial charge on any atom is 0.391 e. The first kappa shape index (κ1) is 19.2. The van der Waals surface area contributed by atoms with Gasteiger partial charge in [-0.3, -0.25) is 4.79 Å². The molecule has 2 nitrogen and oxygen atoms in total. The number of amides is 1. The van der Waals surface area contributed by atoms with Crippen LogP contribution in [0.4, 0.5) is 13.2 Å². The highest BCUT2D eigenvalue weighted by Gasteiger charge is 2.43. The zero-order valence-corrected chi connectivity index (χ0v) is 14.7. The number of benzene rings is 1. The predicted molar refractivity (Wildman–Crippen MR) is 91.9 cm³/mol. The Hall–Kier alpha value is -1.17. The first-order valence-electron chi connectivity index (χ1n) is 8.34. The number of alkyl halides is 3. The van der Waals surface area contributed by atoms with Crippen LogP contribution in [0.2, 0.25) is 0 Å². The Morgan fingerprint density at radius 3 is 2.62 bits per heavy atom. The molecule has 6 heteroatoms. The predicted octanol–water partition coefficient (Wildman–Crippen LogP) is 4.71. The highest BCUT2D eigenvalue weighted by Crippen LogP contribution is 2.39. The Morgan fingerprint density at radius 2 is 1.96 bits per heavy atom. The normalized spacial score (nSPS) is 21.5. The Balaban J connectivity index is 1.65. The number of hydrogen-bond donors (Lipinski definition) is 1. The summed E-state index contributed by atoms with van der Waals surface area (Å²) in [7, 11) is 0. The Bertz CT molecular complexity index is 530. The van der Waals surface area contributed by atoms with Gasteiger partial charge in [0.25, 0.3) is 0 Å². The number of nitrogens with one attached hydrogen (secondary N) is 1. The molecular weight excluding hydrogens is 335 g/mol. The van der Waals surface area contributed by atoms with Gasteiger partial charge in [0.2, 0.25) is 5.91 Å². The van der Waals surface area contributed by atoms with Crippen LogP contribution in [0.25, 0.3) is 0 Å². The van der Waals surface area contributed by atoms with Crippen LogP contribution in [0.15, 0.2) is 24.3 Å². The van der Waals surface area contributed by atoms with Gasteiger partial charge < -0.3 is 5.32 Å². The molecule has 1 aliphatic rings. The zero-order chi connectivity index (χ0) is 17.6. The van der Waals surface area contributed by atoms with Crippen molar-refractivity contribution in [1.29, 1.82) is 0 Å². The summed E-state index contributed by atoms with van der Waals surface area (Å²) in [5.41, 5.74) is 2.46. The van der Waals surface area contributed by atoms with Gasteiger partial charge in [-0.15, -0.1) is 0 Å². The van der Waals surface area contributed by atoms with Gasteiger partial charge in [0, 0.05) is 24.0 Å². The van der Waals surface area contributed by atoms with Gasteiger partial charge in [-0.25, -0.2) is 0 Å². The average molecular weight is 359 g/mol. The average Bonchev–Trinajstić information content (AvgIpc) is 2.55. The third kappa shape index (κ3) is 6.04. The highest BCUT2D eigenvalue weighted by atomic mass is 32.2. The second kappa shape index (κ2) is 8.79. The van der Waals surface area contributed by atoms with Crippen molar-refractivity contribution in [3.63, 3.8) is 0 Å². The fourth-order valence-electron chi connectivity index (χ4n) is 2.99. The SMILES string of the molecule is Cc1ccc(CSCCNC(=O)C2CCCC(C(F)(F)F)C2)cc1. The van der Waals surface area contributed by atoms with Crippen molar-refractivity contribution in [2.75, 3.05) is 12.3 Å². The van der Waals surface area contributed by atoms with Crippen molar-refractivity contribution >= 4 is 17.7 Å². The van der Waals surface area contributed by atoms with Crippen molar-refractivity contribution < 1.29 is 18.0 Å². The molecule has 1 aromatic carbocycles. The molecule has 24 heavy (non-hydrogen) atoms. The summed E-state index contributed by atoms with van der Waals surface area (Å²) in [4.78, 5) is 12.1. The minimum absolute atomic E-state index is 0.0636.